The topological polar surface area (TPSA) is 55.6 Å². The molecule has 0 spiro atoms. The highest BCUT2D eigenvalue weighted by Gasteiger charge is 2.10. The van der Waals surface area contributed by atoms with E-state index in [-0.39, 0.29) is 0 Å². The van der Waals surface area contributed by atoms with E-state index >= 15 is 0 Å². The van der Waals surface area contributed by atoms with Gasteiger partial charge in [-0.25, -0.2) is 0 Å². The molecule has 6 heteroatoms. The summed E-state index contributed by atoms with van der Waals surface area (Å²) in [5.41, 5.74) is 1.03. The third-order valence-corrected chi connectivity index (χ3v) is 3.34. The molecule has 0 saturated carbocycles. The molecule has 2 aromatic rings. The van der Waals surface area contributed by atoms with Crippen LogP contribution in [0.5, 0.6) is 0 Å². The van der Waals surface area contributed by atoms with Gasteiger partial charge >= 0.3 is 0 Å². The van der Waals surface area contributed by atoms with E-state index in [1.807, 2.05) is 18.2 Å². The largest absolute Gasteiger partial charge is 0.310 e. The van der Waals surface area contributed by atoms with Crippen molar-refractivity contribution >= 4 is 11.8 Å². The number of tetrazole rings is 1. The Morgan fingerprint density at radius 1 is 1.33 bits per heavy atom. The summed E-state index contributed by atoms with van der Waals surface area (Å²) in [6.07, 6.45) is 3.15. The molecule has 0 saturated heterocycles. The Balaban J connectivity index is 2.25. The van der Waals surface area contributed by atoms with E-state index in [1.54, 1.807) is 16.4 Å². The van der Waals surface area contributed by atoms with Crippen molar-refractivity contribution in [3.05, 3.63) is 30.1 Å². The van der Waals surface area contributed by atoms with Gasteiger partial charge in [-0.15, -0.1) is 16.9 Å². The highest BCUT2D eigenvalue weighted by molar-refractivity contribution is 7.98. The second kappa shape index (κ2) is 6.51. The molecule has 0 fully saturated rings. The summed E-state index contributed by atoms with van der Waals surface area (Å²) in [5, 5.41) is 15.2. The number of para-hydroxylation sites is 1. The van der Waals surface area contributed by atoms with E-state index in [2.05, 4.69) is 40.1 Å². The highest BCUT2D eigenvalue weighted by Crippen LogP contribution is 2.23. The minimum Gasteiger partial charge on any atom is -0.310 e. The Hall–Kier alpha value is -1.40. The van der Waals surface area contributed by atoms with Gasteiger partial charge in [-0.05, 0) is 41.8 Å². The minimum atomic E-state index is 0.684. The molecule has 1 heterocycles. The molecule has 18 heavy (non-hydrogen) atoms. The minimum absolute atomic E-state index is 0.684. The predicted octanol–water partition coefficient (Wildman–Crippen LogP) is 1.88. The fourth-order valence-corrected chi connectivity index (χ4v) is 2.26. The molecule has 96 valence electrons. The Morgan fingerprint density at radius 3 is 2.94 bits per heavy atom. The molecule has 5 nitrogen and oxygen atoms in total. The summed E-state index contributed by atoms with van der Waals surface area (Å²) in [7, 11) is 0. The average Bonchev–Trinajstić information content (AvgIpc) is 2.87. The maximum atomic E-state index is 4.08. The number of nitrogens with zero attached hydrogens (tertiary/aromatic N) is 4. The van der Waals surface area contributed by atoms with Crippen molar-refractivity contribution in [2.75, 3.05) is 12.8 Å². The van der Waals surface area contributed by atoms with Crippen molar-refractivity contribution < 1.29 is 0 Å². The lowest BCUT2D eigenvalue weighted by molar-refractivity contribution is 0.631. The zero-order valence-electron chi connectivity index (χ0n) is 10.6. The number of nitrogens with one attached hydrogen (secondary N) is 1. The molecular weight excluding hydrogens is 246 g/mol. The molecule has 0 amide bonds. The second-order valence-corrected chi connectivity index (χ2v) is 4.70. The van der Waals surface area contributed by atoms with Gasteiger partial charge in [0.15, 0.2) is 5.82 Å². The summed E-state index contributed by atoms with van der Waals surface area (Å²) >= 11 is 1.69. The molecule has 1 aromatic heterocycles. The Morgan fingerprint density at radius 2 is 2.17 bits per heavy atom. The third kappa shape index (κ3) is 2.88. The van der Waals surface area contributed by atoms with Crippen LogP contribution in [0.25, 0.3) is 5.69 Å². The van der Waals surface area contributed by atoms with E-state index in [9.17, 15) is 0 Å². The smallest absolute Gasteiger partial charge is 0.170 e. The predicted molar refractivity (Wildman–Crippen MR) is 72.9 cm³/mol. The van der Waals surface area contributed by atoms with Gasteiger partial charge < -0.3 is 5.32 Å². The van der Waals surface area contributed by atoms with Gasteiger partial charge in [-0.3, -0.25) is 0 Å². The number of aromatic nitrogens is 4. The van der Waals surface area contributed by atoms with Crippen LogP contribution in [0.15, 0.2) is 29.2 Å². The fourth-order valence-electron chi connectivity index (χ4n) is 1.68. The van der Waals surface area contributed by atoms with Crippen molar-refractivity contribution in [2.45, 2.75) is 24.8 Å². The maximum Gasteiger partial charge on any atom is 0.170 e. The molecule has 0 atom stereocenters. The SMILES string of the molecule is CCCNCc1nnnn1-c1ccccc1SC. The highest BCUT2D eigenvalue weighted by atomic mass is 32.2. The summed E-state index contributed by atoms with van der Waals surface area (Å²) in [6.45, 7) is 3.79. The van der Waals surface area contributed by atoms with E-state index in [4.69, 9.17) is 0 Å². The summed E-state index contributed by atoms with van der Waals surface area (Å²) in [5.74, 6) is 0.838. The van der Waals surface area contributed by atoms with E-state index in [0.29, 0.717) is 6.54 Å². The summed E-state index contributed by atoms with van der Waals surface area (Å²) < 4.78 is 1.80. The normalized spacial score (nSPS) is 10.8. The van der Waals surface area contributed by atoms with Gasteiger partial charge in [0.2, 0.25) is 0 Å². The van der Waals surface area contributed by atoms with Crippen molar-refractivity contribution in [1.29, 1.82) is 0 Å². The maximum absolute atomic E-state index is 4.08. The molecule has 2 rings (SSSR count). The van der Waals surface area contributed by atoms with Crippen molar-refractivity contribution in [3.63, 3.8) is 0 Å². The van der Waals surface area contributed by atoms with Gasteiger partial charge in [0, 0.05) is 4.90 Å². The van der Waals surface area contributed by atoms with Gasteiger partial charge in [0.25, 0.3) is 0 Å². The van der Waals surface area contributed by atoms with Gasteiger partial charge in [-0.1, -0.05) is 19.1 Å². The van der Waals surface area contributed by atoms with Crippen molar-refractivity contribution in [2.24, 2.45) is 0 Å². The number of hydrogen-bond donors (Lipinski definition) is 1. The van der Waals surface area contributed by atoms with Crippen LogP contribution < -0.4 is 5.32 Å². The lowest BCUT2D eigenvalue weighted by atomic mass is 10.3. The van der Waals surface area contributed by atoms with Crippen LogP contribution in [-0.2, 0) is 6.54 Å². The number of rotatable bonds is 6. The van der Waals surface area contributed by atoms with Crippen molar-refractivity contribution in [1.82, 2.24) is 25.5 Å². The molecule has 0 aliphatic heterocycles. The molecule has 0 aliphatic rings. The van der Waals surface area contributed by atoms with Gasteiger partial charge in [0.1, 0.15) is 0 Å². The van der Waals surface area contributed by atoms with E-state index in [1.165, 1.54) is 4.90 Å². The first-order valence-corrected chi connectivity index (χ1v) is 7.20. The third-order valence-electron chi connectivity index (χ3n) is 2.56. The molecule has 1 aromatic carbocycles. The zero-order chi connectivity index (χ0) is 12.8. The van der Waals surface area contributed by atoms with E-state index in [0.717, 1.165) is 24.5 Å². The molecular formula is C12H17N5S. The summed E-state index contributed by atoms with van der Waals surface area (Å²) in [6, 6.07) is 8.13. The molecule has 0 radical (unpaired) electrons. The van der Waals surface area contributed by atoms with Crippen LogP contribution in [0.3, 0.4) is 0 Å². The van der Waals surface area contributed by atoms with Crippen LogP contribution in [0.4, 0.5) is 0 Å². The van der Waals surface area contributed by atoms with Crippen LogP contribution in [0.2, 0.25) is 0 Å². The quantitative estimate of drug-likeness (QED) is 0.637. The molecule has 1 N–H and O–H groups in total. The molecule has 0 unspecified atom stereocenters. The number of hydrogen-bond acceptors (Lipinski definition) is 5. The molecule has 0 aliphatic carbocycles. The lowest BCUT2D eigenvalue weighted by Crippen LogP contribution is -2.17. The van der Waals surface area contributed by atoms with Gasteiger partial charge in [0.05, 0.1) is 12.2 Å². The Kier molecular flexibility index (Phi) is 4.72. The van der Waals surface area contributed by atoms with Crippen LogP contribution in [0.1, 0.15) is 19.2 Å². The first-order valence-electron chi connectivity index (χ1n) is 5.98. The lowest BCUT2D eigenvalue weighted by Gasteiger charge is -2.08. The van der Waals surface area contributed by atoms with Gasteiger partial charge in [-0.2, -0.15) is 4.68 Å². The fraction of sp³-hybridized carbons (Fsp3) is 0.417. The first-order chi connectivity index (χ1) is 8.86. The number of benzene rings is 1. The standard InChI is InChI=1S/C12H17N5S/c1-3-8-13-9-12-14-15-16-17(12)10-6-4-5-7-11(10)18-2/h4-7,13H,3,8-9H2,1-2H3. The monoisotopic (exact) mass is 263 g/mol. The first kappa shape index (κ1) is 13.0. The van der Waals surface area contributed by atoms with Crippen LogP contribution in [-0.4, -0.2) is 33.0 Å². The average molecular weight is 263 g/mol. The summed E-state index contributed by atoms with van der Waals surface area (Å²) in [4.78, 5) is 1.17. The molecule has 0 bridgehead atoms. The van der Waals surface area contributed by atoms with Crippen LogP contribution in [0, 0.1) is 0 Å². The van der Waals surface area contributed by atoms with Crippen LogP contribution >= 0.6 is 11.8 Å². The van der Waals surface area contributed by atoms with E-state index < -0.39 is 0 Å². The number of thioether (sulfide) groups is 1. The second-order valence-electron chi connectivity index (χ2n) is 3.86. The zero-order valence-corrected chi connectivity index (χ0v) is 11.4. The Labute approximate surface area is 111 Å². The Bertz CT molecular complexity index is 497. The van der Waals surface area contributed by atoms with Crippen molar-refractivity contribution in [3.8, 4) is 5.69 Å².